The van der Waals surface area contributed by atoms with Crippen molar-refractivity contribution in [2.75, 3.05) is 29.5 Å². The van der Waals surface area contributed by atoms with E-state index in [4.69, 9.17) is 5.73 Å². The van der Waals surface area contributed by atoms with Crippen molar-refractivity contribution in [2.45, 2.75) is 25.0 Å². The number of benzene rings is 1. The lowest BCUT2D eigenvalue weighted by Gasteiger charge is -2.24. The number of nitro groups is 1. The minimum absolute atomic E-state index is 0.0345. The van der Waals surface area contributed by atoms with Crippen LogP contribution in [0.5, 0.6) is 0 Å². The molecule has 19 heavy (non-hydrogen) atoms. The summed E-state index contributed by atoms with van der Waals surface area (Å²) in [5, 5.41) is 11.2. The quantitative estimate of drug-likeness (QED) is 0.512. The highest BCUT2D eigenvalue weighted by Gasteiger charge is 2.28. The highest BCUT2D eigenvalue weighted by molar-refractivity contribution is 8.00. The predicted molar refractivity (Wildman–Crippen MR) is 80.9 cm³/mol. The fourth-order valence-electron chi connectivity index (χ4n) is 2.26. The summed E-state index contributed by atoms with van der Waals surface area (Å²) in [6.07, 6.45) is 1.00. The zero-order valence-electron chi connectivity index (χ0n) is 11.3. The molecule has 0 unspecified atom stereocenters. The van der Waals surface area contributed by atoms with Crippen molar-refractivity contribution in [3.63, 3.8) is 0 Å². The zero-order valence-corrected chi connectivity index (χ0v) is 12.1. The summed E-state index contributed by atoms with van der Waals surface area (Å²) in [5.41, 5.74) is 6.66. The Kier molecular flexibility index (Phi) is 3.89. The Morgan fingerprint density at radius 3 is 2.84 bits per heavy atom. The van der Waals surface area contributed by atoms with Crippen LogP contribution >= 0.6 is 11.8 Å². The van der Waals surface area contributed by atoms with Crippen LogP contribution in [0.1, 0.15) is 20.3 Å². The van der Waals surface area contributed by atoms with Crippen LogP contribution in [0.3, 0.4) is 0 Å². The second kappa shape index (κ2) is 5.28. The van der Waals surface area contributed by atoms with Crippen LogP contribution in [0, 0.1) is 10.1 Å². The molecule has 0 aliphatic carbocycles. The van der Waals surface area contributed by atoms with E-state index < -0.39 is 0 Å². The number of anilines is 2. The van der Waals surface area contributed by atoms with Crippen molar-refractivity contribution < 1.29 is 4.92 Å². The van der Waals surface area contributed by atoms with Gasteiger partial charge in [-0.05, 0) is 18.6 Å². The lowest BCUT2D eigenvalue weighted by Crippen LogP contribution is -2.27. The summed E-state index contributed by atoms with van der Waals surface area (Å²) >= 11 is 1.92. The second-order valence-corrected chi connectivity index (χ2v) is 7.12. The van der Waals surface area contributed by atoms with E-state index in [9.17, 15) is 10.1 Å². The molecule has 104 valence electrons. The molecule has 6 heteroatoms. The molecule has 0 aromatic heterocycles. The first-order chi connectivity index (χ1) is 8.91. The summed E-state index contributed by atoms with van der Waals surface area (Å²) in [6.45, 7) is 6.08. The Morgan fingerprint density at radius 1 is 1.42 bits per heavy atom. The summed E-state index contributed by atoms with van der Waals surface area (Å²) < 4.78 is 0.226. The van der Waals surface area contributed by atoms with Crippen molar-refractivity contribution in [2.24, 2.45) is 0 Å². The van der Waals surface area contributed by atoms with Gasteiger partial charge in [-0.2, -0.15) is 11.8 Å². The normalized spacial score (nSPS) is 18.9. The number of nitrogens with zero attached hydrogens (tertiary/aromatic N) is 2. The Morgan fingerprint density at radius 2 is 2.16 bits per heavy atom. The van der Waals surface area contributed by atoms with Crippen molar-refractivity contribution in [1.29, 1.82) is 0 Å². The van der Waals surface area contributed by atoms with Gasteiger partial charge in [0.15, 0.2) is 0 Å². The lowest BCUT2D eigenvalue weighted by atomic mass is 10.1. The first-order valence-electron chi connectivity index (χ1n) is 6.32. The van der Waals surface area contributed by atoms with Crippen LogP contribution in [0.25, 0.3) is 0 Å². The van der Waals surface area contributed by atoms with E-state index in [0.717, 1.165) is 25.3 Å². The van der Waals surface area contributed by atoms with E-state index in [1.807, 2.05) is 11.8 Å². The van der Waals surface area contributed by atoms with Gasteiger partial charge in [-0.1, -0.05) is 19.9 Å². The number of nitrogens with two attached hydrogens (primary N) is 1. The number of nitro benzene ring substituents is 1. The Balaban J connectivity index is 2.32. The molecular formula is C13H19N3O2S. The monoisotopic (exact) mass is 281 g/mol. The van der Waals surface area contributed by atoms with Crippen LogP contribution in [0.15, 0.2) is 18.2 Å². The molecule has 5 nitrogen and oxygen atoms in total. The third kappa shape index (κ3) is 3.12. The molecule has 1 heterocycles. The molecule has 2 N–H and O–H groups in total. The number of rotatable bonds is 2. The number of hydrogen-bond donors (Lipinski definition) is 1. The van der Waals surface area contributed by atoms with Crippen molar-refractivity contribution in [3.8, 4) is 0 Å². The van der Waals surface area contributed by atoms with Crippen molar-refractivity contribution in [1.82, 2.24) is 0 Å². The molecule has 1 fully saturated rings. The molecular weight excluding hydrogens is 262 g/mol. The van der Waals surface area contributed by atoms with E-state index in [1.165, 1.54) is 0 Å². The van der Waals surface area contributed by atoms with Gasteiger partial charge in [0.2, 0.25) is 0 Å². The third-order valence-corrected chi connectivity index (χ3v) is 4.78. The number of para-hydroxylation sites is 1. The molecule has 1 saturated heterocycles. The molecule has 0 amide bonds. The van der Waals surface area contributed by atoms with Gasteiger partial charge >= 0.3 is 5.69 Å². The van der Waals surface area contributed by atoms with Gasteiger partial charge in [0.1, 0.15) is 11.4 Å². The van der Waals surface area contributed by atoms with Gasteiger partial charge in [-0.25, -0.2) is 0 Å². The fourth-order valence-corrected chi connectivity index (χ4v) is 3.36. The largest absolute Gasteiger partial charge is 0.393 e. The molecule has 0 radical (unpaired) electrons. The van der Waals surface area contributed by atoms with Crippen molar-refractivity contribution >= 4 is 28.8 Å². The smallest absolute Gasteiger partial charge is 0.315 e. The van der Waals surface area contributed by atoms with E-state index in [2.05, 4.69) is 18.7 Å². The molecule has 1 aromatic rings. The SMILES string of the molecule is CC1(C)CCN(c2cccc(N)c2[N+](=O)[O-])CCS1. The zero-order chi connectivity index (χ0) is 14.0. The summed E-state index contributed by atoms with van der Waals surface area (Å²) in [6, 6.07) is 5.15. The van der Waals surface area contributed by atoms with Gasteiger partial charge in [-0.3, -0.25) is 10.1 Å². The van der Waals surface area contributed by atoms with Crippen LogP contribution in [0.4, 0.5) is 17.1 Å². The Hall–Kier alpha value is -1.43. The summed E-state index contributed by atoms with van der Waals surface area (Å²) in [5.74, 6) is 0.971. The molecule has 1 aliphatic heterocycles. The predicted octanol–water partition coefficient (Wildman–Crippen LogP) is 2.90. The topological polar surface area (TPSA) is 72.4 Å². The highest BCUT2D eigenvalue weighted by Crippen LogP contribution is 2.37. The van der Waals surface area contributed by atoms with Crippen LogP contribution < -0.4 is 10.6 Å². The molecule has 0 saturated carbocycles. The summed E-state index contributed by atoms with van der Waals surface area (Å²) in [4.78, 5) is 12.9. The maximum atomic E-state index is 11.2. The number of nitrogen functional groups attached to an aromatic ring is 1. The van der Waals surface area contributed by atoms with Crippen LogP contribution in [0.2, 0.25) is 0 Å². The minimum Gasteiger partial charge on any atom is -0.393 e. The standard InChI is InChI=1S/C13H19N3O2S/c1-13(2)6-7-15(8-9-19-13)11-5-3-4-10(14)12(11)16(17)18/h3-5H,6-9,14H2,1-2H3. The second-order valence-electron chi connectivity index (χ2n) is 5.32. The lowest BCUT2D eigenvalue weighted by molar-refractivity contribution is -0.383. The van der Waals surface area contributed by atoms with E-state index in [1.54, 1.807) is 18.2 Å². The maximum absolute atomic E-state index is 11.2. The number of thioether (sulfide) groups is 1. The van der Waals surface area contributed by atoms with Gasteiger partial charge in [0, 0.05) is 23.6 Å². The van der Waals surface area contributed by atoms with Crippen molar-refractivity contribution in [3.05, 3.63) is 28.3 Å². The average Bonchev–Trinajstić information content (AvgIpc) is 2.49. The molecule has 1 aromatic carbocycles. The molecule has 0 atom stereocenters. The van der Waals surface area contributed by atoms with E-state index >= 15 is 0 Å². The van der Waals surface area contributed by atoms with Crippen LogP contribution in [-0.2, 0) is 0 Å². The van der Waals surface area contributed by atoms with Crippen LogP contribution in [-0.4, -0.2) is 28.5 Å². The van der Waals surface area contributed by atoms with E-state index in [-0.39, 0.29) is 21.0 Å². The molecule has 0 spiro atoms. The molecule has 0 bridgehead atoms. The van der Waals surface area contributed by atoms with Gasteiger partial charge in [0.05, 0.1) is 4.92 Å². The minimum atomic E-state index is -0.381. The van der Waals surface area contributed by atoms with Gasteiger partial charge in [0.25, 0.3) is 0 Å². The third-order valence-electron chi connectivity index (χ3n) is 3.41. The Labute approximate surface area is 117 Å². The van der Waals surface area contributed by atoms with Gasteiger partial charge < -0.3 is 10.6 Å². The molecule has 1 aliphatic rings. The first-order valence-corrected chi connectivity index (χ1v) is 7.31. The maximum Gasteiger partial charge on any atom is 0.315 e. The first kappa shape index (κ1) is 14.0. The summed E-state index contributed by atoms with van der Waals surface area (Å²) in [7, 11) is 0. The van der Waals surface area contributed by atoms with Gasteiger partial charge in [-0.15, -0.1) is 0 Å². The van der Waals surface area contributed by atoms with E-state index in [0.29, 0.717) is 5.69 Å². The Bertz CT molecular complexity index is 491. The fraction of sp³-hybridized carbons (Fsp3) is 0.538. The highest BCUT2D eigenvalue weighted by atomic mass is 32.2. The molecule has 2 rings (SSSR count). The number of hydrogen-bond acceptors (Lipinski definition) is 5. The average molecular weight is 281 g/mol.